The minimum Gasteiger partial charge on any atom is -0.450 e. The van der Waals surface area contributed by atoms with Crippen molar-refractivity contribution in [2.75, 3.05) is 51.3 Å². The van der Waals surface area contributed by atoms with Gasteiger partial charge >= 0.3 is 29.7 Å². The van der Waals surface area contributed by atoms with Gasteiger partial charge in [-0.05, 0) is 43.4 Å². The molecule has 2 aromatic rings. The van der Waals surface area contributed by atoms with Crippen LogP contribution in [0, 0.1) is 5.82 Å². The van der Waals surface area contributed by atoms with E-state index in [1.165, 1.54) is 24.3 Å². The van der Waals surface area contributed by atoms with Crippen LogP contribution in [0.15, 0.2) is 48.6 Å². The third-order valence-corrected chi connectivity index (χ3v) is 8.20. The number of halogens is 1. The highest BCUT2D eigenvalue weighted by molar-refractivity contribution is 5.97. The highest BCUT2D eigenvalue weighted by Crippen LogP contribution is 2.51. The van der Waals surface area contributed by atoms with E-state index in [0.29, 0.717) is 69.1 Å². The van der Waals surface area contributed by atoms with Gasteiger partial charge in [-0.1, -0.05) is 12.1 Å². The van der Waals surface area contributed by atoms with E-state index in [9.17, 15) is 23.6 Å². The number of anilines is 1. The molecule has 2 atom stereocenters. The minimum absolute atomic E-state index is 0.0111. The van der Waals surface area contributed by atoms with Crippen LogP contribution >= 0.6 is 0 Å². The fourth-order valence-corrected chi connectivity index (χ4v) is 6.08. The van der Waals surface area contributed by atoms with Gasteiger partial charge in [-0.15, -0.1) is 0 Å². The van der Waals surface area contributed by atoms with Gasteiger partial charge in [0.15, 0.2) is 17.7 Å². The second-order valence-corrected chi connectivity index (χ2v) is 11.1. The Kier molecular flexibility index (Phi) is 8.63. The lowest BCUT2D eigenvalue weighted by Crippen LogP contribution is -2.52. The van der Waals surface area contributed by atoms with E-state index in [0.717, 1.165) is 30.8 Å². The summed E-state index contributed by atoms with van der Waals surface area (Å²) in [7, 11) is 1.65. The van der Waals surface area contributed by atoms with Gasteiger partial charge in [0.05, 0.1) is 17.9 Å². The molecule has 2 bridgehead atoms. The summed E-state index contributed by atoms with van der Waals surface area (Å²) in [6.45, 7) is 3.79. The third-order valence-electron chi connectivity index (χ3n) is 8.20. The number of piperazine rings is 1. The number of esters is 4. The Morgan fingerprint density at radius 3 is 2.27 bits per heavy atom. The molecular formula is C32H32FN3O9. The lowest BCUT2D eigenvalue weighted by atomic mass is 9.83. The van der Waals surface area contributed by atoms with Crippen molar-refractivity contribution in [1.29, 1.82) is 0 Å². The number of hydrogen-bond donors (Lipinski definition) is 0. The van der Waals surface area contributed by atoms with E-state index >= 15 is 0 Å². The number of nitrogens with zero attached hydrogens (tertiary/aromatic N) is 3. The third kappa shape index (κ3) is 6.18. The molecule has 4 aliphatic rings. The Morgan fingerprint density at radius 2 is 1.58 bits per heavy atom. The average Bonchev–Trinajstić information content (AvgIpc) is 3.02. The normalized spacial score (nSPS) is 25.2. The van der Waals surface area contributed by atoms with Crippen molar-refractivity contribution in [2.45, 2.75) is 37.6 Å². The number of fused-ring (bicyclic) bond motifs is 1. The number of carbonyl (C=O) groups is 4. The second-order valence-electron chi connectivity index (χ2n) is 11.1. The van der Waals surface area contributed by atoms with Crippen molar-refractivity contribution >= 4 is 29.7 Å². The fourth-order valence-electron chi connectivity index (χ4n) is 6.08. The Labute approximate surface area is 258 Å². The second kappa shape index (κ2) is 12.8. The first-order valence-corrected chi connectivity index (χ1v) is 14.8. The Balaban J connectivity index is 1.64. The molecule has 1 aromatic heterocycles. The number of benzene rings is 1. The summed E-state index contributed by atoms with van der Waals surface area (Å²) in [6, 6.07) is 5.44. The quantitative estimate of drug-likeness (QED) is 0.455. The summed E-state index contributed by atoms with van der Waals surface area (Å²) in [4.78, 5) is 61.5. The van der Waals surface area contributed by atoms with Crippen molar-refractivity contribution in [3.63, 3.8) is 0 Å². The molecule has 0 amide bonds. The highest BCUT2D eigenvalue weighted by Gasteiger charge is 2.55. The first-order chi connectivity index (χ1) is 21.8. The van der Waals surface area contributed by atoms with Gasteiger partial charge < -0.3 is 28.6 Å². The van der Waals surface area contributed by atoms with Crippen LogP contribution in [0.3, 0.4) is 0 Å². The number of aryl methyl sites for hydroxylation is 1. The lowest BCUT2D eigenvalue weighted by Gasteiger charge is -2.42. The maximum Gasteiger partial charge on any atom is 0.336 e. The predicted molar refractivity (Wildman–Crippen MR) is 155 cm³/mol. The van der Waals surface area contributed by atoms with Crippen LogP contribution in [0.5, 0.6) is 5.75 Å². The summed E-state index contributed by atoms with van der Waals surface area (Å²) in [6.07, 6.45) is 3.97. The standard InChI is InChI=1S/C32H32FN3O9/c1-41-19-18-35-14-16-36(17-15-35)31-30-28(20-6-8-21(33)9-7-20)29-22(34-31)4-2-3-5-23-32(29,44-26(39)12-10-24(37)42-23)45-27(40)13-11-25(38)43-30/h6-13,23H,2-5,14-19H2,1H3/b12-10-,13-11-. The number of aromatic nitrogens is 1. The van der Waals surface area contributed by atoms with Crippen LogP contribution in [0.25, 0.3) is 11.1 Å². The van der Waals surface area contributed by atoms with Gasteiger partial charge in [-0.2, -0.15) is 0 Å². The van der Waals surface area contributed by atoms with Crippen molar-refractivity contribution < 1.29 is 47.3 Å². The lowest BCUT2D eigenvalue weighted by molar-refractivity contribution is -0.270. The molecule has 4 heterocycles. The van der Waals surface area contributed by atoms with Crippen LogP contribution in [-0.4, -0.2) is 86.3 Å². The number of carbonyl (C=O) groups excluding carboxylic acids is 4. The van der Waals surface area contributed by atoms with Crippen molar-refractivity contribution in [3.05, 3.63) is 65.6 Å². The molecule has 1 saturated heterocycles. The molecule has 236 valence electrons. The van der Waals surface area contributed by atoms with Gasteiger partial charge in [0.2, 0.25) is 0 Å². The molecule has 0 N–H and O–H groups in total. The molecule has 12 nitrogen and oxygen atoms in total. The minimum atomic E-state index is -2.32. The van der Waals surface area contributed by atoms with E-state index in [-0.39, 0.29) is 23.3 Å². The summed E-state index contributed by atoms with van der Waals surface area (Å²) in [5, 5.41) is 0. The zero-order valence-corrected chi connectivity index (χ0v) is 24.7. The van der Waals surface area contributed by atoms with Gasteiger partial charge in [-0.3, -0.25) is 4.90 Å². The van der Waals surface area contributed by atoms with E-state index in [1.807, 2.05) is 4.90 Å². The molecule has 13 heteroatoms. The van der Waals surface area contributed by atoms with Crippen LogP contribution in [0.2, 0.25) is 0 Å². The summed E-state index contributed by atoms with van der Waals surface area (Å²) < 4.78 is 43.2. The molecule has 0 saturated carbocycles. The zero-order valence-electron chi connectivity index (χ0n) is 24.7. The summed E-state index contributed by atoms with van der Waals surface area (Å²) in [5.74, 6) is -6.17. The number of hydrogen-bond acceptors (Lipinski definition) is 12. The molecule has 6 rings (SSSR count). The van der Waals surface area contributed by atoms with Crippen molar-refractivity contribution in [1.82, 2.24) is 9.88 Å². The van der Waals surface area contributed by atoms with Crippen LogP contribution in [-0.2, 0) is 50.3 Å². The van der Waals surface area contributed by atoms with Gasteiger partial charge in [-0.25, -0.2) is 28.6 Å². The molecular weight excluding hydrogens is 589 g/mol. The Hall–Kier alpha value is -4.62. The molecule has 45 heavy (non-hydrogen) atoms. The average molecular weight is 622 g/mol. The van der Waals surface area contributed by atoms with E-state index < -0.39 is 41.6 Å². The van der Waals surface area contributed by atoms with E-state index in [2.05, 4.69) is 4.90 Å². The van der Waals surface area contributed by atoms with E-state index in [4.69, 9.17) is 28.7 Å². The highest BCUT2D eigenvalue weighted by atomic mass is 19.1. The maximum absolute atomic E-state index is 14.3. The molecule has 0 radical (unpaired) electrons. The van der Waals surface area contributed by atoms with E-state index in [1.54, 1.807) is 7.11 Å². The number of rotatable bonds is 5. The Morgan fingerprint density at radius 1 is 0.911 bits per heavy atom. The number of ether oxygens (including phenoxy) is 5. The molecule has 2 unspecified atom stereocenters. The van der Waals surface area contributed by atoms with Crippen LogP contribution in [0.1, 0.15) is 30.5 Å². The van der Waals surface area contributed by atoms with Crippen LogP contribution in [0.4, 0.5) is 10.2 Å². The number of pyridine rings is 1. The van der Waals surface area contributed by atoms with Gasteiger partial charge in [0.25, 0.3) is 0 Å². The molecule has 1 fully saturated rings. The fraction of sp³-hybridized carbons (Fsp3) is 0.406. The summed E-state index contributed by atoms with van der Waals surface area (Å²) in [5.41, 5.74) is 1.05. The zero-order chi connectivity index (χ0) is 31.6. The largest absolute Gasteiger partial charge is 0.450 e. The molecule has 1 aromatic carbocycles. The molecule has 1 spiro atoms. The topological polar surface area (TPSA) is 134 Å². The summed E-state index contributed by atoms with van der Waals surface area (Å²) >= 11 is 0. The van der Waals surface area contributed by atoms with Crippen LogP contribution < -0.4 is 9.64 Å². The Bertz CT molecular complexity index is 1570. The maximum atomic E-state index is 14.3. The smallest absolute Gasteiger partial charge is 0.336 e. The van der Waals surface area contributed by atoms with Crippen molar-refractivity contribution in [3.8, 4) is 16.9 Å². The van der Waals surface area contributed by atoms with Crippen molar-refractivity contribution in [2.24, 2.45) is 0 Å². The van der Waals surface area contributed by atoms with Gasteiger partial charge in [0, 0.05) is 69.7 Å². The SMILES string of the molecule is COCCN1CCN(c2nc3c4c(-c5ccc(F)cc5)c2OC(=O)/C=C\C(=O)OC42OC(=O)/C=C\C(=O)OC2CCCC3)CC1. The predicted octanol–water partition coefficient (Wildman–Crippen LogP) is 2.58. The first kappa shape index (κ1) is 30.4. The first-order valence-electron chi connectivity index (χ1n) is 14.8. The monoisotopic (exact) mass is 621 g/mol. The molecule has 1 aliphatic carbocycles. The van der Waals surface area contributed by atoms with Gasteiger partial charge in [0.1, 0.15) is 5.82 Å². The number of methoxy groups -OCH3 is 1. The molecule has 3 aliphatic heterocycles.